The van der Waals surface area contributed by atoms with Crippen molar-refractivity contribution in [2.24, 2.45) is 0 Å². The van der Waals surface area contributed by atoms with Gasteiger partial charge in [0.2, 0.25) is 5.91 Å². The zero-order chi connectivity index (χ0) is 18.5. The van der Waals surface area contributed by atoms with Gasteiger partial charge in [-0.05, 0) is 60.7 Å². The number of ketones is 1. The number of hydrogen-bond donors (Lipinski definition) is 0. The van der Waals surface area contributed by atoms with E-state index in [0.29, 0.717) is 24.4 Å². The standard InChI is InChI=1S/C20H20N2O2S2/c1-14-3-4-18(26-14)12-22(11-16-5-7-21-8-6-16)20(24)10-17-9-19(15(2)23)25-13-17/h3-9,13H,10-12H2,1-2H3. The number of hydrogen-bond acceptors (Lipinski definition) is 5. The maximum Gasteiger partial charge on any atom is 0.227 e. The number of thiophene rings is 2. The Bertz CT molecular complexity index is 899. The quantitative estimate of drug-likeness (QED) is 0.564. The number of carbonyl (C=O) groups excluding carboxylic acids is 2. The average molecular weight is 385 g/mol. The van der Waals surface area contributed by atoms with E-state index in [9.17, 15) is 9.59 Å². The smallest absolute Gasteiger partial charge is 0.227 e. The molecule has 0 aromatic carbocycles. The average Bonchev–Trinajstić information content (AvgIpc) is 3.24. The second-order valence-electron chi connectivity index (χ2n) is 6.17. The van der Waals surface area contributed by atoms with E-state index in [2.05, 4.69) is 24.0 Å². The molecule has 3 aromatic heterocycles. The summed E-state index contributed by atoms with van der Waals surface area (Å²) in [6, 6.07) is 9.83. The Balaban J connectivity index is 1.76. The van der Waals surface area contributed by atoms with Crippen LogP contribution in [0.3, 0.4) is 0 Å². The molecule has 0 saturated carbocycles. The molecule has 0 saturated heterocycles. The first-order valence-electron chi connectivity index (χ1n) is 8.31. The second-order valence-corrected chi connectivity index (χ2v) is 8.45. The van der Waals surface area contributed by atoms with Crippen LogP contribution in [-0.2, 0) is 24.3 Å². The van der Waals surface area contributed by atoms with Crippen molar-refractivity contribution in [1.29, 1.82) is 0 Å². The molecule has 0 aliphatic carbocycles. The molecule has 1 amide bonds. The lowest BCUT2D eigenvalue weighted by molar-refractivity contribution is -0.131. The fourth-order valence-electron chi connectivity index (χ4n) is 2.64. The lowest BCUT2D eigenvalue weighted by Gasteiger charge is -2.22. The molecule has 4 nitrogen and oxygen atoms in total. The SMILES string of the molecule is CC(=O)c1cc(CC(=O)N(Cc2ccncc2)Cc2ccc(C)s2)cs1. The summed E-state index contributed by atoms with van der Waals surface area (Å²) in [5.74, 6) is 0.0946. The van der Waals surface area contributed by atoms with Gasteiger partial charge in [0.15, 0.2) is 5.78 Å². The van der Waals surface area contributed by atoms with Gasteiger partial charge in [0.05, 0.1) is 17.8 Å². The molecule has 0 aliphatic rings. The maximum absolute atomic E-state index is 12.9. The molecule has 134 valence electrons. The number of aryl methyl sites for hydroxylation is 1. The van der Waals surface area contributed by atoms with Gasteiger partial charge in [-0.2, -0.15) is 0 Å². The van der Waals surface area contributed by atoms with Gasteiger partial charge in [0, 0.05) is 28.7 Å². The summed E-state index contributed by atoms with van der Waals surface area (Å²) in [6.45, 7) is 4.75. The van der Waals surface area contributed by atoms with Crippen LogP contribution in [0.25, 0.3) is 0 Å². The van der Waals surface area contributed by atoms with E-state index in [-0.39, 0.29) is 11.7 Å². The Kier molecular flexibility index (Phi) is 5.96. The Morgan fingerprint density at radius 2 is 1.85 bits per heavy atom. The predicted molar refractivity (Wildman–Crippen MR) is 106 cm³/mol. The Morgan fingerprint density at radius 1 is 1.08 bits per heavy atom. The molecule has 0 aliphatic heterocycles. The van der Waals surface area contributed by atoms with Crippen molar-refractivity contribution in [3.63, 3.8) is 0 Å². The van der Waals surface area contributed by atoms with Crippen LogP contribution in [0.2, 0.25) is 0 Å². The van der Waals surface area contributed by atoms with Gasteiger partial charge in [-0.1, -0.05) is 0 Å². The monoisotopic (exact) mass is 384 g/mol. The fourth-order valence-corrected chi connectivity index (χ4v) is 4.36. The van der Waals surface area contributed by atoms with Crippen molar-refractivity contribution in [2.75, 3.05) is 0 Å². The van der Waals surface area contributed by atoms with E-state index in [4.69, 9.17) is 0 Å². The Labute approximate surface area is 161 Å². The zero-order valence-electron chi connectivity index (χ0n) is 14.8. The molecule has 0 fully saturated rings. The van der Waals surface area contributed by atoms with Crippen molar-refractivity contribution in [3.05, 3.63) is 73.9 Å². The number of carbonyl (C=O) groups is 2. The normalized spacial score (nSPS) is 10.7. The van der Waals surface area contributed by atoms with Crippen LogP contribution in [0.15, 0.2) is 48.1 Å². The third-order valence-corrected chi connectivity index (χ3v) is 6.04. The molecule has 0 bridgehead atoms. The topological polar surface area (TPSA) is 50.3 Å². The third kappa shape index (κ3) is 4.86. The number of nitrogens with zero attached hydrogens (tertiary/aromatic N) is 2. The lowest BCUT2D eigenvalue weighted by atomic mass is 10.1. The molecule has 0 atom stereocenters. The molecule has 3 heterocycles. The van der Waals surface area contributed by atoms with Gasteiger partial charge >= 0.3 is 0 Å². The molecule has 3 rings (SSSR count). The van der Waals surface area contributed by atoms with E-state index in [0.717, 1.165) is 11.1 Å². The van der Waals surface area contributed by atoms with E-state index < -0.39 is 0 Å². The first kappa shape index (κ1) is 18.5. The summed E-state index contributed by atoms with van der Waals surface area (Å²) < 4.78 is 0. The molecule has 3 aromatic rings. The first-order valence-corrected chi connectivity index (χ1v) is 10.0. The number of Topliss-reactive ketones (excluding diaryl/α,β-unsaturated/α-hetero) is 1. The van der Waals surface area contributed by atoms with Crippen LogP contribution in [0.5, 0.6) is 0 Å². The fraction of sp³-hybridized carbons (Fsp3) is 0.250. The van der Waals surface area contributed by atoms with Gasteiger partial charge in [0.1, 0.15) is 0 Å². The number of aromatic nitrogens is 1. The van der Waals surface area contributed by atoms with Crippen LogP contribution in [-0.4, -0.2) is 21.6 Å². The number of amides is 1. The highest BCUT2D eigenvalue weighted by molar-refractivity contribution is 7.12. The minimum Gasteiger partial charge on any atom is -0.333 e. The first-order chi connectivity index (χ1) is 12.5. The van der Waals surface area contributed by atoms with Gasteiger partial charge < -0.3 is 4.90 Å². The van der Waals surface area contributed by atoms with Gasteiger partial charge in [-0.25, -0.2) is 0 Å². The predicted octanol–water partition coefficient (Wildman–Crippen LogP) is 4.49. The largest absolute Gasteiger partial charge is 0.333 e. The third-order valence-electron chi connectivity index (χ3n) is 3.97. The molecule has 26 heavy (non-hydrogen) atoms. The lowest BCUT2D eigenvalue weighted by Crippen LogP contribution is -2.31. The maximum atomic E-state index is 12.9. The van der Waals surface area contributed by atoms with Gasteiger partial charge in [0.25, 0.3) is 0 Å². The van der Waals surface area contributed by atoms with Crippen molar-refractivity contribution in [2.45, 2.75) is 33.4 Å². The summed E-state index contributed by atoms with van der Waals surface area (Å²) in [4.78, 5) is 33.4. The number of pyridine rings is 1. The summed E-state index contributed by atoms with van der Waals surface area (Å²) in [7, 11) is 0. The minimum atomic E-state index is 0.0383. The van der Waals surface area contributed by atoms with Crippen LogP contribution in [0.4, 0.5) is 0 Å². The molecule has 0 N–H and O–H groups in total. The molecular formula is C20H20N2O2S2. The molecular weight excluding hydrogens is 364 g/mol. The van der Waals surface area contributed by atoms with Crippen molar-refractivity contribution >= 4 is 34.4 Å². The van der Waals surface area contributed by atoms with Crippen LogP contribution < -0.4 is 0 Å². The summed E-state index contributed by atoms with van der Waals surface area (Å²) >= 11 is 3.11. The van der Waals surface area contributed by atoms with E-state index >= 15 is 0 Å². The van der Waals surface area contributed by atoms with E-state index in [1.165, 1.54) is 21.1 Å². The van der Waals surface area contributed by atoms with Gasteiger partial charge in [-0.3, -0.25) is 14.6 Å². The van der Waals surface area contributed by atoms with E-state index in [1.54, 1.807) is 30.7 Å². The minimum absolute atomic E-state index is 0.0383. The highest BCUT2D eigenvalue weighted by Gasteiger charge is 2.17. The zero-order valence-corrected chi connectivity index (χ0v) is 16.4. The highest BCUT2D eigenvalue weighted by atomic mass is 32.1. The Morgan fingerprint density at radius 3 is 2.46 bits per heavy atom. The van der Waals surface area contributed by atoms with Crippen LogP contribution in [0.1, 0.15) is 37.5 Å². The Hall–Kier alpha value is -2.31. The number of rotatable bonds is 7. The summed E-state index contributed by atoms with van der Waals surface area (Å²) in [5, 5.41) is 1.90. The van der Waals surface area contributed by atoms with Crippen molar-refractivity contribution in [1.82, 2.24) is 9.88 Å². The molecule has 0 spiro atoms. The summed E-state index contributed by atoms with van der Waals surface area (Å²) in [6.07, 6.45) is 3.79. The van der Waals surface area contributed by atoms with Crippen LogP contribution >= 0.6 is 22.7 Å². The highest BCUT2D eigenvalue weighted by Crippen LogP contribution is 2.21. The summed E-state index contributed by atoms with van der Waals surface area (Å²) in [5.41, 5.74) is 1.95. The van der Waals surface area contributed by atoms with Crippen molar-refractivity contribution < 1.29 is 9.59 Å². The molecule has 6 heteroatoms. The molecule has 0 radical (unpaired) electrons. The molecule has 0 unspecified atom stereocenters. The van der Waals surface area contributed by atoms with E-state index in [1.807, 2.05) is 28.5 Å². The second kappa shape index (κ2) is 8.38. The van der Waals surface area contributed by atoms with Crippen molar-refractivity contribution in [3.8, 4) is 0 Å². The van der Waals surface area contributed by atoms with Crippen LogP contribution in [0, 0.1) is 6.92 Å². The van der Waals surface area contributed by atoms with Gasteiger partial charge in [-0.15, -0.1) is 22.7 Å².